The second-order valence-corrected chi connectivity index (χ2v) is 3.38. The van der Waals surface area contributed by atoms with Gasteiger partial charge in [0, 0.05) is 6.42 Å². The molecule has 76 valence electrons. The van der Waals surface area contributed by atoms with Crippen LogP contribution in [0, 0.1) is 6.92 Å². The Labute approximate surface area is 87.7 Å². The fourth-order valence-corrected chi connectivity index (χ4v) is 1.44. The largest absolute Gasteiger partial charge is 0.361 e. The number of aromatic nitrogens is 1. The van der Waals surface area contributed by atoms with Crippen molar-refractivity contribution in [2.45, 2.75) is 13.3 Å². The van der Waals surface area contributed by atoms with Crippen LogP contribution in [0.4, 0.5) is 0 Å². The third-order valence-corrected chi connectivity index (χ3v) is 2.26. The van der Waals surface area contributed by atoms with Gasteiger partial charge in [0.05, 0.1) is 11.8 Å². The number of hydrogen-bond acceptors (Lipinski definition) is 3. The molecular weight excluding hydrogens is 190 g/mol. The molecule has 2 aromatic rings. The summed E-state index contributed by atoms with van der Waals surface area (Å²) in [6.45, 7) is 1.74. The van der Waals surface area contributed by atoms with Gasteiger partial charge in [-0.05, 0) is 12.5 Å². The van der Waals surface area contributed by atoms with E-state index in [0.717, 1.165) is 5.56 Å². The van der Waals surface area contributed by atoms with E-state index >= 15 is 0 Å². The Morgan fingerprint density at radius 3 is 2.67 bits per heavy atom. The summed E-state index contributed by atoms with van der Waals surface area (Å²) < 4.78 is 4.85. The summed E-state index contributed by atoms with van der Waals surface area (Å²) in [5.74, 6) is 0.621. The molecule has 15 heavy (non-hydrogen) atoms. The Morgan fingerprint density at radius 2 is 2.07 bits per heavy atom. The van der Waals surface area contributed by atoms with Crippen LogP contribution in [-0.2, 0) is 6.42 Å². The molecule has 0 N–H and O–H groups in total. The number of rotatable bonds is 3. The number of nitrogens with zero attached hydrogens (tertiary/aromatic N) is 1. The Morgan fingerprint density at radius 1 is 1.33 bits per heavy atom. The molecule has 0 fully saturated rings. The van der Waals surface area contributed by atoms with Gasteiger partial charge in [-0.15, -0.1) is 0 Å². The number of hydrogen-bond donors (Lipinski definition) is 0. The number of aryl methyl sites for hydroxylation is 1. The highest BCUT2D eigenvalue weighted by Gasteiger charge is 2.12. The topological polar surface area (TPSA) is 43.1 Å². The first-order valence-corrected chi connectivity index (χ1v) is 4.76. The molecule has 0 spiro atoms. The van der Waals surface area contributed by atoms with E-state index in [0.29, 0.717) is 17.7 Å². The highest BCUT2D eigenvalue weighted by Crippen LogP contribution is 2.10. The van der Waals surface area contributed by atoms with Crippen LogP contribution in [0.3, 0.4) is 0 Å². The maximum absolute atomic E-state index is 11.8. The predicted molar refractivity (Wildman–Crippen MR) is 55.7 cm³/mol. The minimum Gasteiger partial charge on any atom is -0.361 e. The minimum absolute atomic E-state index is 0.0416. The number of carbonyl (C=O) groups is 1. The van der Waals surface area contributed by atoms with Gasteiger partial charge in [-0.2, -0.15) is 0 Å². The minimum atomic E-state index is 0.0416. The van der Waals surface area contributed by atoms with Crippen molar-refractivity contribution in [2.75, 3.05) is 0 Å². The van der Waals surface area contributed by atoms with Gasteiger partial charge in [-0.25, -0.2) is 0 Å². The van der Waals surface area contributed by atoms with Gasteiger partial charge in [-0.3, -0.25) is 4.79 Å². The quantitative estimate of drug-likeness (QED) is 0.716. The van der Waals surface area contributed by atoms with Gasteiger partial charge in [0.15, 0.2) is 5.78 Å². The highest BCUT2D eigenvalue weighted by molar-refractivity contribution is 5.97. The molecular formula is C12H11NO2. The molecule has 0 amide bonds. The number of carbonyl (C=O) groups excluding carboxylic acids is 1. The zero-order valence-corrected chi connectivity index (χ0v) is 8.43. The Hall–Kier alpha value is -1.90. The summed E-state index contributed by atoms with van der Waals surface area (Å²) in [5.41, 5.74) is 1.57. The van der Waals surface area contributed by atoms with Gasteiger partial charge >= 0.3 is 0 Å². The van der Waals surface area contributed by atoms with Gasteiger partial charge in [0.25, 0.3) is 0 Å². The molecule has 3 heteroatoms. The molecule has 0 radical (unpaired) electrons. The van der Waals surface area contributed by atoms with E-state index in [4.69, 9.17) is 4.52 Å². The van der Waals surface area contributed by atoms with Crippen molar-refractivity contribution < 1.29 is 9.32 Å². The summed E-state index contributed by atoms with van der Waals surface area (Å²) in [6, 6.07) is 9.63. The van der Waals surface area contributed by atoms with Gasteiger partial charge in [0.1, 0.15) is 5.76 Å². The molecule has 0 aliphatic heterocycles. The smallest absolute Gasteiger partial charge is 0.172 e. The third-order valence-electron chi connectivity index (χ3n) is 2.26. The van der Waals surface area contributed by atoms with Gasteiger partial charge in [0.2, 0.25) is 0 Å². The molecule has 0 saturated carbocycles. The third kappa shape index (κ3) is 2.13. The summed E-state index contributed by atoms with van der Waals surface area (Å²) in [7, 11) is 0. The first-order valence-electron chi connectivity index (χ1n) is 4.76. The lowest BCUT2D eigenvalue weighted by molar-refractivity contribution is 0.0991. The fourth-order valence-electron chi connectivity index (χ4n) is 1.44. The molecule has 0 saturated heterocycles. The maximum atomic E-state index is 11.8. The van der Waals surface area contributed by atoms with E-state index in [9.17, 15) is 4.79 Å². The fraction of sp³-hybridized carbons (Fsp3) is 0.167. The van der Waals surface area contributed by atoms with Crippen LogP contribution in [0.1, 0.15) is 21.7 Å². The molecule has 1 heterocycles. The molecule has 0 bridgehead atoms. The van der Waals surface area contributed by atoms with E-state index in [1.807, 2.05) is 30.3 Å². The highest BCUT2D eigenvalue weighted by atomic mass is 16.5. The van der Waals surface area contributed by atoms with Crippen LogP contribution < -0.4 is 0 Å². The average molecular weight is 201 g/mol. The van der Waals surface area contributed by atoms with E-state index < -0.39 is 0 Å². The molecule has 2 rings (SSSR count). The number of ketones is 1. The standard InChI is InChI=1S/C12H11NO2/c1-9-11(8-13-15-9)12(14)7-10-5-3-2-4-6-10/h2-6,8H,7H2,1H3. The lowest BCUT2D eigenvalue weighted by atomic mass is 10.0. The maximum Gasteiger partial charge on any atom is 0.172 e. The van der Waals surface area contributed by atoms with Crippen LogP contribution in [-0.4, -0.2) is 10.9 Å². The van der Waals surface area contributed by atoms with Gasteiger partial charge in [-0.1, -0.05) is 35.5 Å². The van der Waals surface area contributed by atoms with Crippen molar-refractivity contribution in [3.63, 3.8) is 0 Å². The Balaban J connectivity index is 2.15. The Kier molecular flexibility index (Phi) is 2.63. The Bertz CT molecular complexity index is 459. The predicted octanol–water partition coefficient (Wildman–Crippen LogP) is 2.41. The zero-order valence-electron chi connectivity index (χ0n) is 8.43. The molecule has 3 nitrogen and oxygen atoms in total. The first-order chi connectivity index (χ1) is 7.27. The van der Waals surface area contributed by atoms with E-state index in [2.05, 4.69) is 5.16 Å². The van der Waals surface area contributed by atoms with Crippen molar-refractivity contribution in [3.8, 4) is 0 Å². The number of benzene rings is 1. The van der Waals surface area contributed by atoms with Crippen molar-refractivity contribution in [2.24, 2.45) is 0 Å². The van der Waals surface area contributed by atoms with Gasteiger partial charge < -0.3 is 4.52 Å². The lowest BCUT2D eigenvalue weighted by Gasteiger charge is -1.98. The molecule has 1 aromatic carbocycles. The van der Waals surface area contributed by atoms with Crippen LogP contribution in [0.2, 0.25) is 0 Å². The van der Waals surface area contributed by atoms with Crippen LogP contribution in [0.5, 0.6) is 0 Å². The molecule has 1 aromatic heterocycles. The normalized spacial score (nSPS) is 10.2. The molecule has 0 unspecified atom stereocenters. The summed E-state index contributed by atoms with van der Waals surface area (Å²) in [5, 5.41) is 3.59. The van der Waals surface area contributed by atoms with Crippen LogP contribution >= 0.6 is 0 Å². The van der Waals surface area contributed by atoms with Crippen LogP contribution in [0.15, 0.2) is 41.1 Å². The average Bonchev–Trinajstić information content (AvgIpc) is 2.66. The van der Waals surface area contributed by atoms with Crippen LogP contribution in [0.25, 0.3) is 0 Å². The van der Waals surface area contributed by atoms with E-state index in [1.165, 1.54) is 6.20 Å². The summed E-state index contributed by atoms with van der Waals surface area (Å²) >= 11 is 0. The van der Waals surface area contributed by atoms with Crippen molar-refractivity contribution in [3.05, 3.63) is 53.4 Å². The number of Topliss-reactive ketones (excluding diaryl/α,β-unsaturated/α-hetero) is 1. The second kappa shape index (κ2) is 4.09. The SMILES string of the molecule is Cc1oncc1C(=O)Cc1ccccc1. The summed E-state index contributed by atoms with van der Waals surface area (Å²) in [6.07, 6.45) is 1.86. The van der Waals surface area contributed by atoms with Crippen molar-refractivity contribution >= 4 is 5.78 Å². The van der Waals surface area contributed by atoms with E-state index in [1.54, 1.807) is 6.92 Å². The zero-order chi connectivity index (χ0) is 10.7. The molecule has 0 aliphatic carbocycles. The summed E-state index contributed by atoms with van der Waals surface area (Å²) in [4.78, 5) is 11.8. The molecule has 0 aliphatic rings. The molecule has 0 atom stereocenters. The monoisotopic (exact) mass is 201 g/mol. The van der Waals surface area contributed by atoms with Crippen molar-refractivity contribution in [1.82, 2.24) is 5.16 Å². The lowest BCUT2D eigenvalue weighted by Crippen LogP contribution is -2.03. The van der Waals surface area contributed by atoms with E-state index in [-0.39, 0.29) is 5.78 Å². The van der Waals surface area contributed by atoms with Crippen molar-refractivity contribution in [1.29, 1.82) is 0 Å². The first kappa shape index (κ1) is 9.65. The second-order valence-electron chi connectivity index (χ2n) is 3.38.